The lowest BCUT2D eigenvalue weighted by Gasteiger charge is -2.28. The molecule has 0 aromatic heterocycles. The molecular formula is C9H17NO6S. The van der Waals surface area contributed by atoms with Crippen molar-refractivity contribution in [3.05, 3.63) is 0 Å². The first-order valence-corrected chi connectivity index (χ1v) is 6.22. The fourth-order valence-corrected chi connectivity index (χ4v) is 2.76. The molecule has 8 heteroatoms. The standard InChI is InChI=1S/C9H17NO6S/c1-3(11)5(12)6(13)7(14)8-10-4(2-17-8)9(15)16/h3-8,10-14H,2H2,1H3,(H,15,16)/t3-,4-,5+,6+,7-,8-/m0/s1. The second-order valence-corrected chi connectivity index (χ2v) is 5.20. The van der Waals surface area contributed by atoms with Crippen molar-refractivity contribution in [2.75, 3.05) is 5.75 Å². The molecule has 1 rings (SSSR count). The van der Waals surface area contributed by atoms with Crippen LogP contribution in [-0.4, -0.2) is 73.1 Å². The number of aliphatic hydroxyl groups is 4. The maximum Gasteiger partial charge on any atom is 0.321 e. The number of aliphatic hydroxyl groups excluding tert-OH is 4. The summed E-state index contributed by atoms with van der Waals surface area (Å²) in [6.07, 6.45) is -5.54. The third-order valence-electron chi connectivity index (χ3n) is 2.61. The minimum Gasteiger partial charge on any atom is -0.480 e. The summed E-state index contributed by atoms with van der Waals surface area (Å²) in [7, 11) is 0. The molecule has 6 atom stereocenters. The Hall–Kier alpha value is -0.380. The van der Waals surface area contributed by atoms with Crippen molar-refractivity contribution < 1.29 is 30.3 Å². The van der Waals surface area contributed by atoms with Crippen LogP contribution in [0.4, 0.5) is 0 Å². The average Bonchev–Trinajstić information content (AvgIpc) is 2.75. The van der Waals surface area contributed by atoms with Gasteiger partial charge in [0.1, 0.15) is 24.4 Å². The number of rotatable bonds is 5. The van der Waals surface area contributed by atoms with E-state index in [1.807, 2.05) is 0 Å². The number of hydrogen-bond donors (Lipinski definition) is 6. The molecule has 1 aliphatic heterocycles. The normalized spacial score (nSPS) is 31.8. The molecule has 0 aliphatic carbocycles. The molecule has 1 aliphatic rings. The minimum absolute atomic E-state index is 0.272. The van der Waals surface area contributed by atoms with Crippen LogP contribution in [-0.2, 0) is 4.79 Å². The van der Waals surface area contributed by atoms with Gasteiger partial charge >= 0.3 is 5.97 Å². The van der Waals surface area contributed by atoms with Crippen molar-refractivity contribution in [1.82, 2.24) is 5.32 Å². The van der Waals surface area contributed by atoms with Gasteiger partial charge in [-0.15, -0.1) is 11.8 Å². The topological polar surface area (TPSA) is 130 Å². The van der Waals surface area contributed by atoms with E-state index >= 15 is 0 Å². The maximum absolute atomic E-state index is 10.7. The van der Waals surface area contributed by atoms with Crippen molar-refractivity contribution in [3.63, 3.8) is 0 Å². The molecule has 0 amide bonds. The zero-order valence-electron chi connectivity index (χ0n) is 9.22. The van der Waals surface area contributed by atoms with Crippen LogP contribution in [0.1, 0.15) is 6.92 Å². The summed E-state index contributed by atoms with van der Waals surface area (Å²) in [6, 6.07) is -0.782. The highest BCUT2D eigenvalue weighted by Gasteiger charge is 2.39. The van der Waals surface area contributed by atoms with Gasteiger partial charge in [-0.25, -0.2) is 0 Å². The fourth-order valence-electron chi connectivity index (χ4n) is 1.50. The molecular weight excluding hydrogens is 250 g/mol. The molecule has 7 nitrogen and oxygen atoms in total. The van der Waals surface area contributed by atoms with Gasteiger partial charge in [-0.3, -0.25) is 10.1 Å². The molecule has 0 spiro atoms. The van der Waals surface area contributed by atoms with Crippen LogP contribution in [0.3, 0.4) is 0 Å². The highest BCUT2D eigenvalue weighted by molar-refractivity contribution is 8.00. The highest BCUT2D eigenvalue weighted by atomic mass is 32.2. The first-order valence-electron chi connectivity index (χ1n) is 5.17. The van der Waals surface area contributed by atoms with Crippen molar-refractivity contribution in [1.29, 1.82) is 0 Å². The van der Waals surface area contributed by atoms with E-state index in [2.05, 4.69) is 5.32 Å². The largest absolute Gasteiger partial charge is 0.480 e. The van der Waals surface area contributed by atoms with Gasteiger partial charge in [0.15, 0.2) is 0 Å². The smallest absolute Gasteiger partial charge is 0.321 e. The van der Waals surface area contributed by atoms with E-state index in [1.54, 1.807) is 0 Å². The Labute approximate surface area is 102 Å². The summed E-state index contributed by atoms with van der Waals surface area (Å²) in [6.45, 7) is 1.29. The Morgan fingerprint density at radius 3 is 2.29 bits per heavy atom. The van der Waals surface area contributed by atoms with E-state index in [1.165, 1.54) is 6.92 Å². The Balaban J connectivity index is 2.54. The molecule has 1 heterocycles. The van der Waals surface area contributed by atoms with Crippen molar-refractivity contribution in [2.24, 2.45) is 0 Å². The van der Waals surface area contributed by atoms with E-state index in [-0.39, 0.29) is 5.75 Å². The molecule has 1 fully saturated rings. The number of carboxylic acid groups (broad SMARTS) is 1. The van der Waals surface area contributed by atoms with Crippen LogP contribution in [0.5, 0.6) is 0 Å². The number of aliphatic carboxylic acids is 1. The molecule has 6 N–H and O–H groups in total. The van der Waals surface area contributed by atoms with Crippen molar-refractivity contribution in [3.8, 4) is 0 Å². The molecule has 0 aromatic carbocycles. The summed E-state index contributed by atoms with van der Waals surface area (Å²) in [5, 5.41) is 48.5. The monoisotopic (exact) mass is 267 g/mol. The minimum atomic E-state index is -1.53. The summed E-state index contributed by atoms with van der Waals surface area (Å²) in [5.74, 6) is -0.757. The molecule has 0 saturated carbocycles. The Bertz CT molecular complexity index is 276. The lowest BCUT2D eigenvalue weighted by atomic mass is 10.0. The molecule has 0 aromatic rings. The lowest BCUT2D eigenvalue weighted by Crippen LogP contribution is -2.51. The number of thioether (sulfide) groups is 1. The predicted molar refractivity (Wildman–Crippen MR) is 60.5 cm³/mol. The molecule has 1 saturated heterocycles. The zero-order valence-corrected chi connectivity index (χ0v) is 10.0. The van der Waals surface area contributed by atoms with Crippen LogP contribution < -0.4 is 5.32 Å². The second kappa shape index (κ2) is 5.98. The summed E-state index contributed by atoms with van der Waals surface area (Å²) >= 11 is 1.15. The number of nitrogens with one attached hydrogen (secondary N) is 1. The van der Waals surface area contributed by atoms with E-state index in [4.69, 9.17) is 10.2 Å². The maximum atomic E-state index is 10.7. The predicted octanol–water partition coefficient (Wildman–Crippen LogP) is -2.43. The van der Waals surface area contributed by atoms with Gasteiger partial charge in [0.2, 0.25) is 0 Å². The zero-order chi connectivity index (χ0) is 13.2. The van der Waals surface area contributed by atoms with Gasteiger partial charge in [-0.1, -0.05) is 0 Å². The Morgan fingerprint density at radius 2 is 1.88 bits per heavy atom. The SMILES string of the molecule is C[C@H](O)[C@@H](O)[C@@H](O)[C@H](O)[C@H]1N[C@H](C(=O)O)CS1. The average molecular weight is 267 g/mol. The van der Waals surface area contributed by atoms with Gasteiger partial charge in [-0.2, -0.15) is 0 Å². The van der Waals surface area contributed by atoms with Crippen LogP contribution in [0.25, 0.3) is 0 Å². The molecule has 17 heavy (non-hydrogen) atoms. The first kappa shape index (κ1) is 14.7. The van der Waals surface area contributed by atoms with Crippen molar-refractivity contribution in [2.45, 2.75) is 42.8 Å². The van der Waals surface area contributed by atoms with E-state index in [9.17, 15) is 20.1 Å². The third-order valence-corrected chi connectivity index (χ3v) is 3.91. The molecule has 100 valence electrons. The van der Waals surface area contributed by atoms with Crippen LogP contribution in [0.15, 0.2) is 0 Å². The summed E-state index contributed by atoms with van der Waals surface area (Å²) < 4.78 is 0. The van der Waals surface area contributed by atoms with Gasteiger partial charge in [-0.05, 0) is 6.92 Å². The van der Waals surface area contributed by atoms with Gasteiger partial charge < -0.3 is 25.5 Å². The lowest BCUT2D eigenvalue weighted by molar-refractivity contribution is -0.139. The van der Waals surface area contributed by atoms with Gasteiger partial charge in [0.25, 0.3) is 0 Å². The van der Waals surface area contributed by atoms with Crippen LogP contribution in [0, 0.1) is 0 Å². The van der Waals surface area contributed by atoms with Gasteiger partial charge in [0.05, 0.1) is 11.5 Å². The fraction of sp³-hybridized carbons (Fsp3) is 0.889. The third kappa shape index (κ3) is 3.54. The Kier molecular flexibility index (Phi) is 5.17. The van der Waals surface area contributed by atoms with E-state index < -0.39 is 41.8 Å². The quantitative estimate of drug-likeness (QED) is 0.324. The summed E-state index contributed by atoms with van der Waals surface area (Å²) in [4.78, 5) is 10.7. The number of hydrogen-bond acceptors (Lipinski definition) is 7. The molecule has 0 radical (unpaired) electrons. The highest BCUT2D eigenvalue weighted by Crippen LogP contribution is 2.24. The summed E-state index contributed by atoms with van der Waals surface area (Å²) in [5.41, 5.74) is 0. The molecule has 0 unspecified atom stereocenters. The van der Waals surface area contributed by atoms with Gasteiger partial charge in [0, 0.05) is 5.75 Å². The first-order chi connectivity index (χ1) is 7.84. The van der Waals surface area contributed by atoms with Crippen molar-refractivity contribution >= 4 is 17.7 Å². The van der Waals surface area contributed by atoms with Crippen LogP contribution in [0.2, 0.25) is 0 Å². The van der Waals surface area contributed by atoms with E-state index in [0.717, 1.165) is 11.8 Å². The van der Waals surface area contributed by atoms with E-state index in [0.29, 0.717) is 0 Å². The van der Waals surface area contributed by atoms with Crippen LogP contribution >= 0.6 is 11.8 Å². The number of carbonyl (C=O) groups is 1. The molecule has 0 bridgehead atoms. The number of carboxylic acids is 1. The Morgan fingerprint density at radius 1 is 1.29 bits per heavy atom. The second-order valence-electron chi connectivity index (χ2n) is 4.02.